The van der Waals surface area contributed by atoms with Crippen LogP contribution in [0.25, 0.3) is 0 Å². The van der Waals surface area contributed by atoms with Crippen molar-refractivity contribution in [3.63, 3.8) is 0 Å². The molecule has 2 rings (SSSR count). The highest BCUT2D eigenvalue weighted by Gasteiger charge is 2.42. The average Bonchev–Trinajstić information content (AvgIpc) is 2.42. The molecule has 15 heavy (non-hydrogen) atoms. The molecule has 3 heteroatoms. The maximum Gasteiger partial charge on any atom is 0.123 e. The second-order valence-electron chi connectivity index (χ2n) is 4.53. The number of likely N-dealkylation sites (N-methyl/N-ethyl adjacent to an activating group) is 1. The highest BCUT2D eigenvalue weighted by Crippen LogP contribution is 2.36. The topological polar surface area (TPSA) is 23.5 Å². The van der Waals surface area contributed by atoms with Crippen molar-refractivity contribution in [2.24, 2.45) is 5.92 Å². The Morgan fingerprint density at radius 1 is 1.53 bits per heavy atom. The molecule has 82 valence electrons. The number of likely N-dealkylation sites (tertiary alicyclic amines) is 1. The Labute approximate surface area is 89.3 Å². The van der Waals surface area contributed by atoms with Crippen molar-refractivity contribution in [3.05, 3.63) is 35.6 Å². The van der Waals surface area contributed by atoms with Crippen LogP contribution in [0.15, 0.2) is 24.3 Å². The van der Waals surface area contributed by atoms with Crippen LogP contribution in [-0.4, -0.2) is 30.1 Å². The number of β-amino-alcohol motifs (C(OH)–C–C–N with tert-alkyl or cyclic N) is 1. The van der Waals surface area contributed by atoms with E-state index in [9.17, 15) is 9.50 Å². The van der Waals surface area contributed by atoms with Crippen LogP contribution in [0.1, 0.15) is 12.5 Å². The monoisotopic (exact) mass is 209 g/mol. The minimum absolute atomic E-state index is 0.129. The van der Waals surface area contributed by atoms with Crippen LogP contribution in [-0.2, 0) is 5.60 Å². The van der Waals surface area contributed by atoms with Crippen LogP contribution in [0.5, 0.6) is 0 Å². The molecular formula is C12H16FNO. The molecule has 1 fully saturated rings. The van der Waals surface area contributed by atoms with Gasteiger partial charge in [-0.2, -0.15) is 0 Å². The second-order valence-corrected chi connectivity index (χ2v) is 4.53. The van der Waals surface area contributed by atoms with Crippen LogP contribution in [0.3, 0.4) is 0 Å². The predicted octanol–water partition coefficient (Wildman–Crippen LogP) is 1.59. The Balaban J connectivity index is 2.37. The molecule has 0 aliphatic carbocycles. The van der Waals surface area contributed by atoms with Gasteiger partial charge in [-0.1, -0.05) is 19.1 Å². The quantitative estimate of drug-likeness (QED) is 0.759. The third kappa shape index (κ3) is 1.77. The Morgan fingerprint density at radius 2 is 2.27 bits per heavy atom. The van der Waals surface area contributed by atoms with E-state index in [1.165, 1.54) is 12.1 Å². The summed E-state index contributed by atoms with van der Waals surface area (Å²) in [6.07, 6.45) is 0. The van der Waals surface area contributed by atoms with E-state index in [-0.39, 0.29) is 11.7 Å². The maximum absolute atomic E-state index is 13.1. The van der Waals surface area contributed by atoms with Crippen LogP contribution in [0.4, 0.5) is 4.39 Å². The Hall–Kier alpha value is -0.930. The van der Waals surface area contributed by atoms with E-state index >= 15 is 0 Å². The molecule has 0 spiro atoms. The zero-order chi connectivity index (χ0) is 11.1. The Kier molecular flexibility index (Phi) is 2.52. The number of benzene rings is 1. The van der Waals surface area contributed by atoms with Crippen molar-refractivity contribution < 1.29 is 9.50 Å². The van der Waals surface area contributed by atoms with Gasteiger partial charge < -0.3 is 10.0 Å². The van der Waals surface area contributed by atoms with E-state index in [1.54, 1.807) is 12.1 Å². The summed E-state index contributed by atoms with van der Waals surface area (Å²) >= 11 is 0. The number of halogens is 1. The molecule has 1 aromatic carbocycles. The van der Waals surface area contributed by atoms with Gasteiger partial charge in [0.2, 0.25) is 0 Å². The normalized spacial score (nSPS) is 32.1. The molecule has 0 radical (unpaired) electrons. The van der Waals surface area contributed by atoms with Crippen molar-refractivity contribution >= 4 is 0 Å². The SMILES string of the molecule is C[C@H]1CN(C)C[C@]1(O)c1cccc(F)c1. The van der Waals surface area contributed by atoms with Crippen LogP contribution >= 0.6 is 0 Å². The van der Waals surface area contributed by atoms with Gasteiger partial charge in [-0.05, 0) is 24.7 Å². The lowest BCUT2D eigenvalue weighted by atomic mass is 9.85. The number of rotatable bonds is 1. The van der Waals surface area contributed by atoms with E-state index in [0.717, 1.165) is 6.54 Å². The van der Waals surface area contributed by atoms with Crippen molar-refractivity contribution in [1.82, 2.24) is 4.90 Å². The molecule has 1 N–H and O–H groups in total. The molecule has 0 amide bonds. The summed E-state index contributed by atoms with van der Waals surface area (Å²) in [5.41, 5.74) is -0.226. The summed E-state index contributed by atoms with van der Waals surface area (Å²) in [5.74, 6) is -0.160. The molecule has 1 aromatic rings. The predicted molar refractivity (Wildman–Crippen MR) is 57.0 cm³/mol. The Morgan fingerprint density at radius 3 is 2.80 bits per heavy atom. The molecule has 0 saturated carbocycles. The molecule has 0 aromatic heterocycles. The third-order valence-electron chi connectivity index (χ3n) is 3.24. The molecule has 1 heterocycles. The van der Waals surface area contributed by atoms with Gasteiger partial charge in [-0.25, -0.2) is 4.39 Å². The van der Waals surface area contributed by atoms with Gasteiger partial charge in [-0.15, -0.1) is 0 Å². The van der Waals surface area contributed by atoms with Gasteiger partial charge in [0.05, 0.1) is 0 Å². The minimum atomic E-state index is -0.906. The first-order valence-corrected chi connectivity index (χ1v) is 5.19. The summed E-state index contributed by atoms with van der Waals surface area (Å²) in [7, 11) is 1.97. The smallest absolute Gasteiger partial charge is 0.123 e. The van der Waals surface area contributed by atoms with Gasteiger partial charge in [0.1, 0.15) is 11.4 Å². The van der Waals surface area contributed by atoms with E-state index in [4.69, 9.17) is 0 Å². The molecule has 0 unspecified atom stereocenters. The fourth-order valence-electron chi connectivity index (χ4n) is 2.38. The number of hydrogen-bond donors (Lipinski definition) is 1. The summed E-state index contributed by atoms with van der Waals surface area (Å²) < 4.78 is 13.1. The van der Waals surface area contributed by atoms with Crippen LogP contribution in [0, 0.1) is 11.7 Å². The average molecular weight is 209 g/mol. The molecular weight excluding hydrogens is 193 g/mol. The first kappa shape index (κ1) is 10.6. The van der Waals surface area contributed by atoms with Gasteiger partial charge in [0, 0.05) is 19.0 Å². The molecule has 2 atom stereocenters. The van der Waals surface area contributed by atoms with Gasteiger partial charge in [0.15, 0.2) is 0 Å². The molecule has 0 bridgehead atoms. The van der Waals surface area contributed by atoms with Crippen LogP contribution < -0.4 is 0 Å². The maximum atomic E-state index is 13.1. The van der Waals surface area contributed by atoms with E-state index in [0.29, 0.717) is 12.1 Å². The highest BCUT2D eigenvalue weighted by atomic mass is 19.1. The summed E-state index contributed by atoms with van der Waals surface area (Å²) in [6, 6.07) is 6.26. The lowest BCUT2D eigenvalue weighted by Crippen LogP contribution is -2.33. The third-order valence-corrected chi connectivity index (χ3v) is 3.24. The summed E-state index contributed by atoms with van der Waals surface area (Å²) in [5, 5.41) is 10.5. The lowest BCUT2D eigenvalue weighted by Gasteiger charge is -2.27. The van der Waals surface area contributed by atoms with Crippen LogP contribution in [0.2, 0.25) is 0 Å². The van der Waals surface area contributed by atoms with Crippen molar-refractivity contribution in [1.29, 1.82) is 0 Å². The molecule has 1 aliphatic rings. The lowest BCUT2D eigenvalue weighted by molar-refractivity contribution is 0.0143. The Bertz CT molecular complexity index is 368. The summed E-state index contributed by atoms with van der Waals surface area (Å²) in [6.45, 7) is 3.40. The van der Waals surface area contributed by atoms with E-state index < -0.39 is 5.60 Å². The van der Waals surface area contributed by atoms with Gasteiger partial charge >= 0.3 is 0 Å². The number of aliphatic hydroxyl groups is 1. The summed E-state index contributed by atoms with van der Waals surface area (Å²) in [4.78, 5) is 2.07. The number of hydrogen-bond acceptors (Lipinski definition) is 2. The number of nitrogens with zero attached hydrogens (tertiary/aromatic N) is 1. The van der Waals surface area contributed by atoms with Crippen molar-refractivity contribution in [2.75, 3.05) is 20.1 Å². The molecule has 1 aliphatic heterocycles. The first-order valence-electron chi connectivity index (χ1n) is 5.19. The zero-order valence-corrected chi connectivity index (χ0v) is 9.07. The van der Waals surface area contributed by atoms with Crippen molar-refractivity contribution in [2.45, 2.75) is 12.5 Å². The van der Waals surface area contributed by atoms with Gasteiger partial charge in [-0.3, -0.25) is 0 Å². The molecule has 1 saturated heterocycles. The van der Waals surface area contributed by atoms with E-state index in [2.05, 4.69) is 4.90 Å². The fourth-order valence-corrected chi connectivity index (χ4v) is 2.38. The standard InChI is InChI=1S/C12H16FNO/c1-9-7-14(2)8-12(9,15)10-4-3-5-11(13)6-10/h3-6,9,15H,7-8H2,1-2H3/t9-,12+/m0/s1. The minimum Gasteiger partial charge on any atom is -0.383 e. The van der Waals surface area contributed by atoms with E-state index in [1.807, 2.05) is 14.0 Å². The fraction of sp³-hybridized carbons (Fsp3) is 0.500. The van der Waals surface area contributed by atoms with Gasteiger partial charge in [0.25, 0.3) is 0 Å². The zero-order valence-electron chi connectivity index (χ0n) is 9.07. The largest absolute Gasteiger partial charge is 0.383 e. The second kappa shape index (κ2) is 3.58. The van der Waals surface area contributed by atoms with Crippen molar-refractivity contribution in [3.8, 4) is 0 Å². The molecule has 2 nitrogen and oxygen atoms in total. The first-order chi connectivity index (χ1) is 7.02. The highest BCUT2D eigenvalue weighted by molar-refractivity contribution is 5.26.